The second-order valence-electron chi connectivity index (χ2n) is 8.32. The number of carbonyl (C=O) groups is 1. The van der Waals surface area contributed by atoms with Gasteiger partial charge in [-0.15, -0.1) is 0 Å². The number of piperidine rings is 1. The number of furan rings is 1. The molecule has 4 aromatic rings. The quantitative estimate of drug-likeness (QED) is 0.421. The van der Waals surface area contributed by atoms with Crippen molar-refractivity contribution in [2.75, 3.05) is 26.7 Å². The van der Waals surface area contributed by atoms with Gasteiger partial charge < -0.3 is 24.1 Å². The summed E-state index contributed by atoms with van der Waals surface area (Å²) in [6.07, 6.45) is 7.54. The van der Waals surface area contributed by atoms with E-state index in [1.54, 1.807) is 19.4 Å². The number of nitrogens with zero attached hydrogens (tertiary/aromatic N) is 3. The molecule has 2 N–H and O–H groups in total. The molecule has 0 bridgehead atoms. The minimum absolute atomic E-state index is 0.000509. The third kappa shape index (κ3) is 5.04. The molecule has 9 heteroatoms. The number of carbonyl (C=O) groups excluding carboxylic acids is 1. The number of alkyl carbamates (subject to hydrolysis) is 1. The van der Waals surface area contributed by atoms with E-state index in [0.717, 1.165) is 61.1 Å². The Bertz CT molecular complexity index is 1230. The van der Waals surface area contributed by atoms with E-state index in [9.17, 15) is 4.79 Å². The molecule has 1 aromatic carbocycles. The monoisotopic (exact) mass is 461 g/mol. The highest BCUT2D eigenvalue weighted by molar-refractivity contribution is 5.82. The first-order valence-corrected chi connectivity index (χ1v) is 11.4. The van der Waals surface area contributed by atoms with Gasteiger partial charge in [0.2, 0.25) is 5.88 Å². The lowest BCUT2D eigenvalue weighted by Gasteiger charge is -2.31. The van der Waals surface area contributed by atoms with Crippen molar-refractivity contribution in [2.24, 2.45) is 0 Å². The summed E-state index contributed by atoms with van der Waals surface area (Å²) in [4.78, 5) is 18.2. The molecule has 1 saturated heterocycles. The Hall–Kier alpha value is -3.85. The van der Waals surface area contributed by atoms with Gasteiger partial charge in [-0.05, 0) is 49.1 Å². The van der Waals surface area contributed by atoms with E-state index in [4.69, 9.17) is 13.9 Å². The molecule has 0 atom stereocenters. The van der Waals surface area contributed by atoms with Gasteiger partial charge in [0.15, 0.2) is 0 Å². The number of ether oxygens (including phenoxy) is 2. The lowest BCUT2D eigenvalue weighted by atomic mass is 10.1. The fourth-order valence-corrected chi connectivity index (χ4v) is 4.20. The number of benzene rings is 1. The lowest BCUT2D eigenvalue weighted by molar-refractivity contribution is 0.0522. The Morgan fingerprint density at radius 3 is 2.85 bits per heavy atom. The second-order valence-corrected chi connectivity index (χ2v) is 8.32. The van der Waals surface area contributed by atoms with Gasteiger partial charge >= 0.3 is 6.09 Å². The lowest BCUT2D eigenvalue weighted by Crippen LogP contribution is -2.39. The molecule has 4 heterocycles. The van der Waals surface area contributed by atoms with E-state index < -0.39 is 0 Å². The van der Waals surface area contributed by atoms with Crippen LogP contribution in [0.15, 0.2) is 59.5 Å². The van der Waals surface area contributed by atoms with Crippen molar-refractivity contribution >= 4 is 17.1 Å². The molecule has 3 aromatic heterocycles. The maximum absolute atomic E-state index is 11.4. The van der Waals surface area contributed by atoms with Crippen LogP contribution in [0.2, 0.25) is 0 Å². The van der Waals surface area contributed by atoms with Gasteiger partial charge in [-0.1, -0.05) is 0 Å². The SMILES string of the molecule is CNC(=O)OC1CCN(CCc2coc3cc(Oc4ccc(-c5ccn[nH]5)cn4)ccc23)CC1. The molecule has 1 aliphatic rings. The second kappa shape index (κ2) is 9.96. The molecule has 0 saturated carbocycles. The van der Waals surface area contributed by atoms with E-state index in [1.165, 1.54) is 5.56 Å². The van der Waals surface area contributed by atoms with Crippen LogP contribution in [0.25, 0.3) is 22.2 Å². The molecule has 1 fully saturated rings. The zero-order valence-corrected chi connectivity index (χ0v) is 19.0. The van der Waals surface area contributed by atoms with E-state index in [-0.39, 0.29) is 12.2 Å². The normalized spacial score (nSPS) is 14.9. The average molecular weight is 462 g/mol. The average Bonchev–Trinajstić information content (AvgIpc) is 3.54. The van der Waals surface area contributed by atoms with Crippen LogP contribution in [0.3, 0.4) is 0 Å². The number of fused-ring (bicyclic) bond motifs is 1. The van der Waals surface area contributed by atoms with Crippen molar-refractivity contribution in [3.8, 4) is 22.9 Å². The highest BCUT2D eigenvalue weighted by atomic mass is 16.6. The first kappa shape index (κ1) is 22.0. The van der Waals surface area contributed by atoms with Crippen LogP contribution in [-0.2, 0) is 11.2 Å². The van der Waals surface area contributed by atoms with Gasteiger partial charge in [0.1, 0.15) is 17.4 Å². The molecule has 1 aliphatic heterocycles. The highest BCUT2D eigenvalue weighted by Crippen LogP contribution is 2.29. The number of pyridine rings is 1. The summed E-state index contributed by atoms with van der Waals surface area (Å²) < 4.78 is 17.1. The van der Waals surface area contributed by atoms with E-state index >= 15 is 0 Å². The number of hydrogen-bond donors (Lipinski definition) is 2. The summed E-state index contributed by atoms with van der Waals surface area (Å²) in [5.41, 5.74) is 3.82. The Kier molecular flexibility index (Phi) is 6.44. The number of aromatic nitrogens is 3. The summed E-state index contributed by atoms with van der Waals surface area (Å²) in [6, 6.07) is 11.5. The summed E-state index contributed by atoms with van der Waals surface area (Å²) in [7, 11) is 1.58. The number of H-pyrrole nitrogens is 1. The molecule has 5 rings (SSSR count). The van der Waals surface area contributed by atoms with Gasteiger partial charge in [0.05, 0.1) is 12.0 Å². The van der Waals surface area contributed by atoms with Crippen molar-refractivity contribution in [3.05, 3.63) is 60.6 Å². The zero-order chi connectivity index (χ0) is 23.3. The fraction of sp³-hybridized carbons (Fsp3) is 0.320. The Morgan fingerprint density at radius 2 is 2.12 bits per heavy atom. The van der Waals surface area contributed by atoms with Crippen LogP contribution < -0.4 is 10.1 Å². The van der Waals surface area contributed by atoms with Crippen molar-refractivity contribution < 1.29 is 18.7 Å². The van der Waals surface area contributed by atoms with Gasteiger partial charge in [0, 0.05) is 62.2 Å². The first-order valence-electron chi connectivity index (χ1n) is 11.4. The largest absolute Gasteiger partial charge is 0.464 e. The predicted octanol–water partition coefficient (Wildman–Crippen LogP) is 4.37. The number of amides is 1. The maximum Gasteiger partial charge on any atom is 0.407 e. The van der Waals surface area contributed by atoms with Crippen molar-refractivity contribution in [1.82, 2.24) is 25.4 Å². The number of aromatic amines is 1. The molecule has 0 spiro atoms. The van der Waals surface area contributed by atoms with Crippen LogP contribution in [0, 0.1) is 0 Å². The van der Waals surface area contributed by atoms with Gasteiger partial charge in [-0.25, -0.2) is 9.78 Å². The number of likely N-dealkylation sites (tertiary alicyclic amines) is 1. The Morgan fingerprint density at radius 1 is 1.24 bits per heavy atom. The standard InChI is InChI=1S/C25H27N5O4/c1-26-25(31)34-19-8-12-30(13-9-19)11-7-18-16-32-23-14-20(3-4-21(18)23)33-24-5-2-17(15-27-24)22-6-10-28-29-22/h2-6,10,14-16,19H,7-9,11-13H2,1H3,(H,26,31)(H,28,29). The predicted molar refractivity (Wildman–Crippen MR) is 127 cm³/mol. The van der Waals surface area contributed by atoms with Crippen molar-refractivity contribution in [3.63, 3.8) is 0 Å². The molecule has 176 valence electrons. The summed E-state index contributed by atoms with van der Waals surface area (Å²) in [5.74, 6) is 1.19. The molecule has 0 aliphatic carbocycles. The van der Waals surface area contributed by atoms with E-state index in [2.05, 4.69) is 25.4 Å². The Labute approximate surface area is 197 Å². The molecule has 0 unspecified atom stereocenters. The summed E-state index contributed by atoms with van der Waals surface area (Å²) >= 11 is 0. The number of rotatable bonds is 7. The molecule has 0 radical (unpaired) electrons. The van der Waals surface area contributed by atoms with Crippen LogP contribution in [0.5, 0.6) is 11.6 Å². The summed E-state index contributed by atoms with van der Waals surface area (Å²) in [6.45, 7) is 2.77. The number of hydrogen-bond acceptors (Lipinski definition) is 7. The van der Waals surface area contributed by atoms with Crippen molar-refractivity contribution in [1.29, 1.82) is 0 Å². The highest BCUT2D eigenvalue weighted by Gasteiger charge is 2.22. The molecular weight excluding hydrogens is 434 g/mol. The maximum atomic E-state index is 11.4. The molecule has 9 nitrogen and oxygen atoms in total. The Balaban J connectivity index is 1.16. The van der Waals surface area contributed by atoms with E-state index in [0.29, 0.717) is 11.6 Å². The third-order valence-electron chi connectivity index (χ3n) is 6.11. The topological polar surface area (TPSA) is 106 Å². The van der Waals surface area contributed by atoms with Gasteiger partial charge in [0.25, 0.3) is 0 Å². The zero-order valence-electron chi connectivity index (χ0n) is 19.0. The van der Waals surface area contributed by atoms with Crippen LogP contribution in [0.1, 0.15) is 18.4 Å². The summed E-state index contributed by atoms with van der Waals surface area (Å²) in [5, 5.41) is 10.5. The fourth-order valence-electron chi connectivity index (χ4n) is 4.20. The van der Waals surface area contributed by atoms with Crippen molar-refractivity contribution in [2.45, 2.75) is 25.4 Å². The molecule has 1 amide bonds. The van der Waals surface area contributed by atoms with E-state index in [1.807, 2.05) is 42.7 Å². The smallest absolute Gasteiger partial charge is 0.407 e. The first-order chi connectivity index (χ1) is 16.7. The molecular formula is C25H27N5O4. The van der Waals surface area contributed by atoms with Gasteiger partial charge in [-0.2, -0.15) is 5.10 Å². The van der Waals surface area contributed by atoms with Crippen LogP contribution >= 0.6 is 0 Å². The molecule has 34 heavy (non-hydrogen) atoms. The number of nitrogens with one attached hydrogen (secondary N) is 2. The van der Waals surface area contributed by atoms with Crippen LogP contribution in [0.4, 0.5) is 4.79 Å². The van der Waals surface area contributed by atoms with Crippen LogP contribution in [-0.4, -0.2) is 59.0 Å². The minimum Gasteiger partial charge on any atom is -0.464 e. The minimum atomic E-state index is -0.353. The third-order valence-corrected chi connectivity index (χ3v) is 6.11. The van der Waals surface area contributed by atoms with Gasteiger partial charge in [-0.3, -0.25) is 5.10 Å².